The van der Waals surface area contributed by atoms with Crippen molar-refractivity contribution < 1.29 is 8.78 Å². The normalized spacial score (nSPS) is 12.5. The lowest BCUT2D eigenvalue weighted by Gasteiger charge is -2.27. The first-order chi connectivity index (χ1) is 12.9. The number of hydrogen-bond donors (Lipinski definition) is 2. The molecule has 0 saturated heterocycles. The largest absolute Gasteiger partial charge is 0.357 e. The molecule has 1 aromatic carbocycles. The maximum absolute atomic E-state index is 12.9. The molecule has 2 aromatic rings. The summed E-state index contributed by atoms with van der Waals surface area (Å²) in [5.41, 5.74) is 2.44. The first-order valence-corrected chi connectivity index (χ1v) is 9.28. The molecule has 5 nitrogen and oxygen atoms in total. The molecule has 0 radical (unpaired) electrons. The van der Waals surface area contributed by atoms with Gasteiger partial charge in [0.05, 0.1) is 0 Å². The Hall–Kier alpha value is -2.44. The lowest BCUT2D eigenvalue weighted by Crippen LogP contribution is -2.43. The van der Waals surface area contributed by atoms with Crippen molar-refractivity contribution in [3.05, 3.63) is 53.6 Å². The molecule has 1 heterocycles. The van der Waals surface area contributed by atoms with Crippen molar-refractivity contribution in [1.82, 2.24) is 20.2 Å². The summed E-state index contributed by atoms with van der Waals surface area (Å²) >= 11 is 0. The zero-order valence-electron chi connectivity index (χ0n) is 16.5. The number of nitrogens with zero attached hydrogens (tertiary/aromatic N) is 3. The molecule has 0 bridgehead atoms. The van der Waals surface area contributed by atoms with E-state index in [0.717, 1.165) is 11.0 Å². The van der Waals surface area contributed by atoms with E-state index < -0.39 is 6.55 Å². The van der Waals surface area contributed by atoms with E-state index in [-0.39, 0.29) is 17.8 Å². The number of benzene rings is 1. The second-order valence-corrected chi connectivity index (χ2v) is 7.01. The fourth-order valence-electron chi connectivity index (χ4n) is 2.73. The van der Waals surface area contributed by atoms with E-state index in [0.29, 0.717) is 19.0 Å². The SMILES string of the molecule is CCNC(=NCc1nccn1C(F)F)NCC(C)(C)c1ccc(CC)cc1. The topological polar surface area (TPSA) is 54.2 Å². The van der Waals surface area contributed by atoms with Crippen molar-refractivity contribution >= 4 is 5.96 Å². The van der Waals surface area contributed by atoms with Gasteiger partial charge in [-0.3, -0.25) is 4.57 Å². The molecule has 7 heteroatoms. The molecule has 0 atom stereocenters. The highest BCUT2D eigenvalue weighted by Gasteiger charge is 2.21. The Bertz CT molecular complexity index is 735. The molecule has 0 unspecified atom stereocenters. The average Bonchev–Trinajstić information content (AvgIpc) is 3.13. The fourth-order valence-corrected chi connectivity index (χ4v) is 2.73. The maximum Gasteiger partial charge on any atom is 0.319 e. The Morgan fingerprint density at radius 3 is 2.48 bits per heavy atom. The van der Waals surface area contributed by atoms with Crippen LogP contribution >= 0.6 is 0 Å². The molecular weight excluding hydrogens is 348 g/mol. The highest BCUT2D eigenvalue weighted by molar-refractivity contribution is 5.79. The van der Waals surface area contributed by atoms with Crippen LogP contribution in [0.3, 0.4) is 0 Å². The second-order valence-electron chi connectivity index (χ2n) is 7.01. The Labute approximate surface area is 159 Å². The molecule has 27 heavy (non-hydrogen) atoms. The molecule has 2 N–H and O–H groups in total. The Morgan fingerprint density at radius 2 is 1.89 bits per heavy atom. The quantitative estimate of drug-likeness (QED) is 0.542. The molecule has 0 spiro atoms. The summed E-state index contributed by atoms with van der Waals surface area (Å²) in [6, 6.07) is 8.62. The van der Waals surface area contributed by atoms with Crippen molar-refractivity contribution in [3.8, 4) is 0 Å². The molecule has 1 aromatic heterocycles. The van der Waals surface area contributed by atoms with Crippen LogP contribution in [-0.4, -0.2) is 28.6 Å². The summed E-state index contributed by atoms with van der Waals surface area (Å²) in [5, 5.41) is 6.46. The van der Waals surface area contributed by atoms with Crippen molar-refractivity contribution in [2.75, 3.05) is 13.1 Å². The zero-order valence-corrected chi connectivity index (χ0v) is 16.5. The van der Waals surface area contributed by atoms with Gasteiger partial charge in [-0.1, -0.05) is 45.0 Å². The number of aryl methyl sites for hydroxylation is 1. The average molecular weight is 377 g/mol. The summed E-state index contributed by atoms with van der Waals surface area (Å²) < 4.78 is 26.7. The minimum absolute atomic E-state index is 0.0816. The van der Waals surface area contributed by atoms with Gasteiger partial charge >= 0.3 is 6.55 Å². The first kappa shape index (κ1) is 20.9. The Morgan fingerprint density at radius 1 is 1.19 bits per heavy atom. The van der Waals surface area contributed by atoms with Crippen LogP contribution < -0.4 is 10.6 Å². The van der Waals surface area contributed by atoms with Crippen LogP contribution in [0.15, 0.2) is 41.7 Å². The second kappa shape index (κ2) is 9.48. The molecule has 0 aliphatic heterocycles. The number of imidazole rings is 1. The Kier molecular flexibility index (Phi) is 7.33. The van der Waals surface area contributed by atoms with Gasteiger partial charge in [-0.05, 0) is 24.5 Å². The minimum atomic E-state index is -2.61. The third-order valence-corrected chi connectivity index (χ3v) is 4.52. The van der Waals surface area contributed by atoms with Gasteiger partial charge < -0.3 is 10.6 Å². The first-order valence-electron chi connectivity index (χ1n) is 9.28. The molecule has 0 saturated carbocycles. The van der Waals surface area contributed by atoms with E-state index in [1.165, 1.54) is 23.5 Å². The number of rotatable bonds is 8. The monoisotopic (exact) mass is 377 g/mol. The van der Waals surface area contributed by atoms with Crippen LogP contribution in [0.5, 0.6) is 0 Å². The number of halogens is 2. The lowest BCUT2D eigenvalue weighted by atomic mass is 9.84. The van der Waals surface area contributed by atoms with Gasteiger partial charge in [0, 0.05) is 30.9 Å². The summed E-state index contributed by atoms with van der Waals surface area (Å²) in [6.07, 6.45) is 3.64. The molecule has 2 rings (SSSR count). The van der Waals surface area contributed by atoms with Crippen LogP contribution in [0.25, 0.3) is 0 Å². The molecule has 0 aliphatic carbocycles. The van der Waals surface area contributed by atoms with Gasteiger partial charge in [0.1, 0.15) is 12.4 Å². The van der Waals surface area contributed by atoms with Crippen LogP contribution in [0.2, 0.25) is 0 Å². The Balaban J connectivity index is 2.04. The van der Waals surface area contributed by atoms with Crippen molar-refractivity contribution in [2.45, 2.75) is 52.6 Å². The predicted molar refractivity (Wildman–Crippen MR) is 105 cm³/mol. The number of aromatic nitrogens is 2. The standard InChI is InChI=1S/C20H29F2N5/c1-5-15-7-9-16(10-8-15)20(3,4)14-26-19(23-6-2)25-13-17-24-11-12-27(17)18(21)22/h7-12,18H,5-6,13-14H2,1-4H3,(H2,23,25,26). The van der Waals surface area contributed by atoms with Gasteiger partial charge in [-0.15, -0.1) is 0 Å². The summed E-state index contributed by atoms with van der Waals surface area (Å²) in [6.45, 7) is 7.24. The van der Waals surface area contributed by atoms with E-state index in [1.807, 2.05) is 6.92 Å². The lowest BCUT2D eigenvalue weighted by molar-refractivity contribution is 0.0671. The molecule has 148 valence electrons. The van der Waals surface area contributed by atoms with E-state index in [9.17, 15) is 8.78 Å². The maximum atomic E-state index is 12.9. The van der Waals surface area contributed by atoms with Gasteiger partial charge in [0.25, 0.3) is 0 Å². The number of guanidine groups is 1. The third-order valence-electron chi connectivity index (χ3n) is 4.52. The summed E-state index contributed by atoms with van der Waals surface area (Å²) in [7, 11) is 0. The van der Waals surface area contributed by atoms with Crippen LogP contribution in [-0.2, 0) is 18.4 Å². The third kappa shape index (κ3) is 5.77. The number of nitrogens with one attached hydrogen (secondary N) is 2. The van der Waals surface area contributed by atoms with Crippen molar-refractivity contribution in [3.63, 3.8) is 0 Å². The zero-order chi connectivity index (χ0) is 19.9. The number of aliphatic imine (C=N–C) groups is 1. The summed E-state index contributed by atoms with van der Waals surface area (Å²) in [5.74, 6) is 0.816. The number of alkyl halides is 2. The van der Waals surface area contributed by atoms with E-state index >= 15 is 0 Å². The van der Waals surface area contributed by atoms with E-state index in [4.69, 9.17) is 0 Å². The highest BCUT2D eigenvalue weighted by atomic mass is 19.3. The van der Waals surface area contributed by atoms with E-state index in [1.54, 1.807) is 0 Å². The molecule has 0 fully saturated rings. The van der Waals surface area contributed by atoms with Gasteiger partial charge in [0.2, 0.25) is 0 Å². The molecule has 0 aliphatic rings. The summed E-state index contributed by atoms with van der Waals surface area (Å²) in [4.78, 5) is 8.36. The van der Waals surface area contributed by atoms with Crippen LogP contribution in [0, 0.1) is 0 Å². The van der Waals surface area contributed by atoms with Crippen LogP contribution in [0.1, 0.15) is 51.2 Å². The predicted octanol–water partition coefficient (Wildman–Crippen LogP) is 3.87. The smallest absolute Gasteiger partial charge is 0.319 e. The fraction of sp³-hybridized carbons (Fsp3) is 0.500. The number of hydrogen-bond acceptors (Lipinski definition) is 2. The highest BCUT2D eigenvalue weighted by Crippen LogP contribution is 2.22. The van der Waals surface area contributed by atoms with Crippen LogP contribution in [0.4, 0.5) is 8.78 Å². The van der Waals surface area contributed by atoms with Gasteiger partial charge in [0.15, 0.2) is 5.96 Å². The van der Waals surface area contributed by atoms with E-state index in [2.05, 4.69) is 65.6 Å². The molecular formula is C20H29F2N5. The van der Waals surface area contributed by atoms with Crippen molar-refractivity contribution in [1.29, 1.82) is 0 Å². The van der Waals surface area contributed by atoms with Gasteiger partial charge in [-0.25, -0.2) is 9.98 Å². The van der Waals surface area contributed by atoms with Gasteiger partial charge in [-0.2, -0.15) is 8.78 Å². The minimum Gasteiger partial charge on any atom is -0.357 e. The van der Waals surface area contributed by atoms with Crippen molar-refractivity contribution in [2.24, 2.45) is 4.99 Å². The molecule has 0 amide bonds.